The highest BCUT2D eigenvalue weighted by atomic mass is 32.2. The largest absolute Gasteiger partial charge is 0.421 e. The van der Waals surface area contributed by atoms with Gasteiger partial charge in [0.05, 0.1) is 9.79 Å². The highest BCUT2D eigenvalue weighted by molar-refractivity contribution is 7.91. The Bertz CT molecular complexity index is 1200. The summed E-state index contributed by atoms with van der Waals surface area (Å²) < 4.78 is 65.1. The van der Waals surface area contributed by atoms with Gasteiger partial charge in [-0.1, -0.05) is 36.4 Å². The number of carbonyl (C=O) groups is 1. The van der Waals surface area contributed by atoms with E-state index in [1.807, 2.05) is 0 Å². The first-order valence-electron chi connectivity index (χ1n) is 8.33. The average Bonchev–Trinajstić information content (AvgIpc) is 2.66. The Balaban J connectivity index is 2.14. The third kappa shape index (κ3) is 3.47. The summed E-state index contributed by atoms with van der Waals surface area (Å²) in [5, 5.41) is 10.3. The lowest BCUT2D eigenvalue weighted by Gasteiger charge is -2.26. The minimum absolute atomic E-state index is 0.117. The van der Waals surface area contributed by atoms with Crippen molar-refractivity contribution in [3.05, 3.63) is 71.8 Å². The van der Waals surface area contributed by atoms with Crippen LogP contribution >= 0.6 is 0 Å². The molecular formula is C20H16F3NO4S. The van der Waals surface area contributed by atoms with E-state index < -0.39 is 33.1 Å². The lowest BCUT2D eigenvalue weighted by atomic mass is 9.96. The smallest absolute Gasteiger partial charge is 0.376 e. The van der Waals surface area contributed by atoms with Gasteiger partial charge in [0, 0.05) is 10.9 Å². The van der Waals surface area contributed by atoms with Gasteiger partial charge in [0.2, 0.25) is 15.7 Å². The minimum atomic E-state index is -4.92. The first-order valence-corrected chi connectivity index (χ1v) is 9.82. The molecule has 1 atom stereocenters. The summed E-state index contributed by atoms with van der Waals surface area (Å²) in [7, 11) is -4.12. The number of hydrogen-bond donors (Lipinski definition) is 2. The zero-order valence-electron chi connectivity index (χ0n) is 15.1. The van der Waals surface area contributed by atoms with Gasteiger partial charge in [-0.25, -0.2) is 8.42 Å². The van der Waals surface area contributed by atoms with E-state index in [0.717, 1.165) is 24.3 Å². The molecule has 0 saturated heterocycles. The van der Waals surface area contributed by atoms with E-state index in [4.69, 9.17) is 5.73 Å². The number of nitrogens with two attached hydrogens (primary N) is 1. The first-order chi connectivity index (χ1) is 13.4. The van der Waals surface area contributed by atoms with Gasteiger partial charge in [-0.3, -0.25) is 4.79 Å². The van der Waals surface area contributed by atoms with E-state index >= 15 is 0 Å². The second-order valence-electron chi connectivity index (χ2n) is 6.62. The summed E-state index contributed by atoms with van der Waals surface area (Å²) in [6.45, 7) is 0.590. The van der Waals surface area contributed by atoms with Gasteiger partial charge >= 0.3 is 6.18 Å². The molecule has 0 aromatic heterocycles. The summed E-state index contributed by atoms with van der Waals surface area (Å²) >= 11 is 0. The van der Waals surface area contributed by atoms with E-state index in [2.05, 4.69) is 0 Å². The van der Waals surface area contributed by atoms with Gasteiger partial charge in [-0.2, -0.15) is 13.2 Å². The van der Waals surface area contributed by atoms with Crippen LogP contribution < -0.4 is 5.73 Å². The molecule has 0 aliphatic rings. The molecule has 0 bridgehead atoms. The van der Waals surface area contributed by atoms with Gasteiger partial charge in [0.15, 0.2) is 5.60 Å². The minimum Gasteiger partial charge on any atom is -0.376 e. The Hall–Kier alpha value is -2.91. The molecule has 0 aliphatic carbocycles. The van der Waals surface area contributed by atoms with Gasteiger partial charge in [0.1, 0.15) is 0 Å². The summed E-state index contributed by atoms with van der Waals surface area (Å²) in [6.07, 6.45) is -4.92. The monoisotopic (exact) mass is 423 g/mol. The van der Waals surface area contributed by atoms with Crippen molar-refractivity contribution >= 4 is 26.5 Å². The third-order valence-corrected chi connectivity index (χ3v) is 6.55. The maximum atomic E-state index is 13.1. The quantitative estimate of drug-likeness (QED) is 0.671. The number of primary amides is 1. The fraction of sp³-hybridized carbons (Fsp3) is 0.150. The summed E-state index contributed by atoms with van der Waals surface area (Å²) in [5.74, 6) is -0.719. The van der Waals surface area contributed by atoms with Crippen molar-refractivity contribution < 1.29 is 31.5 Å². The fourth-order valence-electron chi connectivity index (χ4n) is 2.97. The molecule has 1 amide bonds. The van der Waals surface area contributed by atoms with E-state index in [9.17, 15) is 31.5 Å². The number of rotatable bonds is 4. The van der Waals surface area contributed by atoms with Crippen LogP contribution in [-0.4, -0.2) is 25.6 Å². The Labute approximate surface area is 164 Å². The number of carbonyl (C=O) groups excluding carboxylic acids is 1. The average molecular weight is 423 g/mol. The molecule has 29 heavy (non-hydrogen) atoms. The van der Waals surface area contributed by atoms with Gasteiger partial charge in [-0.15, -0.1) is 0 Å². The topological polar surface area (TPSA) is 97.5 Å². The number of hydrogen-bond acceptors (Lipinski definition) is 4. The number of alkyl halides is 3. The summed E-state index contributed by atoms with van der Waals surface area (Å²) in [5.41, 5.74) is 1.88. The van der Waals surface area contributed by atoms with Crippen LogP contribution in [0.15, 0.2) is 70.5 Å². The van der Waals surface area contributed by atoms with Crippen molar-refractivity contribution in [3.63, 3.8) is 0 Å². The lowest BCUT2D eigenvalue weighted by molar-refractivity contribution is -0.258. The van der Waals surface area contributed by atoms with Crippen molar-refractivity contribution in [3.8, 4) is 0 Å². The molecule has 0 fully saturated rings. The van der Waals surface area contributed by atoms with Crippen molar-refractivity contribution in [2.45, 2.75) is 28.5 Å². The molecule has 0 heterocycles. The zero-order chi connectivity index (χ0) is 21.6. The molecule has 5 nitrogen and oxygen atoms in total. The number of fused-ring (bicyclic) bond motifs is 1. The van der Waals surface area contributed by atoms with Crippen molar-refractivity contribution in [2.24, 2.45) is 5.73 Å². The van der Waals surface area contributed by atoms with E-state index in [1.165, 1.54) is 18.2 Å². The highest BCUT2D eigenvalue weighted by Gasteiger charge is 2.51. The molecule has 152 valence electrons. The maximum Gasteiger partial charge on any atom is 0.421 e. The molecule has 3 N–H and O–H groups in total. The summed E-state index contributed by atoms with van der Waals surface area (Å²) in [6, 6.07) is 12.6. The maximum absolute atomic E-state index is 13.1. The molecule has 3 rings (SSSR count). The Morgan fingerprint density at radius 3 is 2.00 bits per heavy atom. The van der Waals surface area contributed by atoms with Crippen LogP contribution in [0.5, 0.6) is 0 Å². The second kappa shape index (κ2) is 6.85. The first kappa shape index (κ1) is 20.8. The molecule has 3 aromatic carbocycles. The number of amides is 1. The predicted octanol–water partition coefficient (Wildman–Crippen LogP) is 3.54. The highest BCUT2D eigenvalue weighted by Crippen LogP contribution is 2.39. The van der Waals surface area contributed by atoms with Crippen LogP contribution in [0.2, 0.25) is 0 Å². The van der Waals surface area contributed by atoms with Gasteiger partial charge < -0.3 is 10.8 Å². The Kier molecular flexibility index (Phi) is 4.92. The molecule has 0 aliphatic heterocycles. The zero-order valence-corrected chi connectivity index (χ0v) is 15.9. The van der Waals surface area contributed by atoms with Crippen LogP contribution in [0.25, 0.3) is 10.8 Å². The molecule has 3 aromatic rings. The number of benzene rings is 3. The van der Waals surface area contributed by atoms with Crippen LogP contribution in [0, 0.1) is 0 Å². The lowest BCUT2D eigenvalue weighted by Crippen LogP contribution is -2.39. The standard InChI is InChI=1S/C20H16F3NO4S/c1-19(26,20(21,22)23)12-6-8-13(9-7-12)29(27,28)17-11-10-16(18(24)25)14-4-2-3-5-15(14)17/h2-11,26H,1H3,(H2,24,25). The van der Waals surface area contributed by atoms with Crippen molar-refractivity contribution in [2.75, 3.05) is 0 Å². The van der Waals surface area contributed by atoms with Crippen LogP contribution in [0.4, 0.5) is 13.2 Å². The summed E-state index contributed by atoms with van der Waals surface area (Å²) in [4.78, 5) is 11.2. The van der Waals surface area contributed by atoms with E-state index in [0.29, 0.717) is 12.3 Å². The number of sulfone groups is 1. The molecule has 9 heteroatoms. The second-order valence-corrected chi connectivity index (χ2v) is 8.54. The van der Waals surface area contributed by atoms with Crippen LogP contribution in [-0.2, 0) is 15.4 Å². The van der Waals surface area contributed by atoms with Crippen LogP contribution in [0.3, 0.4) is 0 Å². The van der Waals surface area contributed by atoms with Gasteiger partial charge in [0.25, 0.3) is 0 Å². The van der Waals surface area contributed by atoms with E-state index in [-0.39, 0.29) is 20.7 Å². The normalized spacial score (nSPS) is 14.5. The van der Waals surface area contributed by atoms with Crippen molar-refractivity contribution in [1.29, 1.82) is 0 Å². The Morgan fingerprint density at radius 1 is 0.931 bits per heavy atom. The van der Waals surface area contributed by atoms with Crippen LogP contribution in [0.1, 0.15) is 22.8 Å². The third-order valence-electron chi connectivity index (χ3n) is 4.72. The van der Waals surface area contributed by atoms with Gasteiger partial charge in [-0.05, 0) is 42.1 Å². The van der Waals surface area contributed by atoms with Crippen molar-refractivity contribution in [1.82, 2.24) is 0 Å². The Morgan fingerprint density at radius 2 is 1.48 bits per heavy atom. The number of halogens is 3. The number of aliphatic hydroxyl groups is 1. The molecule has 0 radical (unpaired) electrons. The predicted molar refractivity (Wildman–Crippen MR) is 100.0 cm³/mol. The molecule has 1 unspecified atom stereocenters. The fourth-order valence-corrected chi connectivity index (χ4v) is 4.43. The molecule has 0 spiro atoms. The van der Waals surface area contributed by atoms with E-state index in [1.54, 1.807) is 18.2 Å². The molecule has 0 saturated carbocycles. The SMILES string of the molecule is CC(O)(c1ccc(S(=O)(=O)c2ccc(C(N)=O)c3ccccc23)cc1)C(F)(F)F. The molecular weight excluding hydrogens is 407 g/mol.